The Labute approximate surface area is 120 Å². The molecule has 1 aromatic carbocycles. The molecular weight excluding hydrogens is 254 g/mol. The van der Waals surface area contributed by atoms with E-state index in [1.807, 2.05) is 13.8 Å². The van der Waals surface area contributed by atoms with Crippen molar-refractivity contribution in [1.29, 1.82) is 0 Å². The molecule has 1 N–H and O–H groups in total. The van der Waals surface area contributed by atoms with Crippen LogP contribution in [0.2, 0.25) is 0 Å². The molecule has 0 saturated carbocycles. The van der Waals surface area contributed by atoms with Crippen LogP contribution >= 0.6 is 0 Å². The SMILES string of the molecule is CCCCNC(=O)C(C)Oc1c(C)cc(C=O)cc1C. The van der Waals surface area contributed by atoms with Crippen molar-refractivity contribution >= 4 is 12.2 Å². The smallest absolute Gasteiger partial charge is 0.260 e. The van der Waals surface area contributed by atoms with Gasteiger partial charge in [-0.15, -0.1) is 0 Å². The highest BCUT2D eigenvalue weighted by atomic mass is 16.5. The van der Waals surface area contributed by atoms with E-state index in [1.54, 1.807) is 19.1 Å². The van der Waals surface area contributed by atoms with Crippen molar-refractivity contribution in [3.05, 3.63) is 28.8 Å². The standard InChI is InChI=1S/C16H23NO3/c1-5-6-7-17-16(19)13(4)20-15-11(2)8-14(10-18)9-12(15)3/h8-10,13H,5-7H2,1-4H3,(H,17,19). The first-order valence-electron chi connectivity index (χ1n) is 7.00. The molecule has 1 aromatic rings. The number of hydrogen-bond donors (Lipinski definition) is 1. The molecule has 4 nitrogen and oxygen atoms in total. The second kappa shape index (κ2) is 7.68. The van der Waals surface area contributed by atoms with Crippen LogP contribution in [0, 0.1) is 13.8 Å². The zero-order valence-electron chi connectivity index (χ0n) is 12.7. The molecule has 0 radical (unpaired) electrons. The number of benzene rings is 1. The quantitative estimate of drug-likeness (QED) is 0.616. The molecule has 0 aromatic heterocycles. The van der Waals surface area contributed by atoms with E-state index in [9.17, 15) is 9.59 Å². The Bertz CT molecular complexity index is 460. The van der Waals surface area contributed by atoms with E-state index in [-0.39, 0.29) is 5.91 Å². The highest BCUT2D eigenvalue weighted by Crippen LogP contribution is 2.25. The summed E-state index contributed by atoms with van der Waals surface area (Å²) >= 11 is 0. The zero-order chi connectivity index (χ0) is 15.1. The molecule has 0 heterocycles. The number of nitrogens with one attached hydrogen (secondary N) is 1. The van der Waals surface area contributed by atoms with E-state index in [4.69, 9.17) is 4.74 Å². The predicted octanol–water partition coefficient (Wildman–Crippen LogP) is 2.80. The van der Waals surface area contributed by atoms with Gasteiger partial charge in [0, 0.05) is 12.1 Å². The molecule has 1 atom stereocenters. The molecule has 0 bridgehead atoms. The van der Waals surface area contributed by atoms with E-state index in [0.29, 0.717) is 17.9 Å². The second-order valence-corrected chi connectivity index (χ2v) is 5.01. The maximum Gasteiger partial charge on any atom is 0.260 e. The van der Waals surface area contributed by atoms with Crippen LogP contribution in [0.4, 0.5) is 0 Å². The Kier molecular flexibility index (Phi) is 6.22. The highest BCUT2D eigenvalue weighted by molar-refractivity contribution is 5.81. The van der Waals surface area contributed by atoms with Crippen LogP contribution in [0.5, 0.6) is 5.75 Å². The first kappa shape index (κ1) is 16.2. The summed E-state index contributed by atoms with van der Waals surface area (Å²) in [5, 5.41) is 2.84. The number of hydrogen-bond acceptors (Lipinski definition) is 3. The van der Waals surface area contributed by atoms with Gasteiger partial charge in [0.25, 0.3) is 5.91 Å². The lowest BCUT2D eigenvalue weighted by Gasteiger charge is -2.18. The monoisotopic (exact) mass is 277 g/mol. The number of aryl methyl sites for hydroxylation is 2. The topological polar surface area (TPSA) is 55.4 Å². The Hall–Kier alpha value is -1.84. The lowest BCUT2D eigenvalue weighted by atomic mass is 10.1. The van der Waals surface area contributed by atoms with E-state index < -0.39 is 6.10 Å². The number of rotatable bonds is 7. The van der Waals surface area contributed by atoms with Crippen molar-refractivity contribution < 1.29 is 14.3 Å². The summed E-state index contributed by atoms with van der Waals surface area (Å²) in [5.41, 5.74) is 2.34. The third kappa shape index (κ3) is 4.37. The molecule has 0 spiro atoms. The Morgan fingerprint density at radius 3 is 2.45 bits per heavy atom. The molecule has 0 aliphatic rings. The molecular formula is C16H23NO3. The summed E-state index contributed by atoms with van der Waals surface area (Å²) in [5.74, 6) is 0.561. The maximum absolute atomic E-state index is 11.9. The Morgan fingerprint density at radius 1 is 1.35 bits per heavy atom. The second-order valence-electron chi connectivity index (χ2n) is 5.01. The molecule has 1 amide bonds. The van der Waals surface area contributed by atoms with Crippen LogP contribution in [0.3, 0.4) is 0 Å². The van der Waals surface area contributed by atoms with Crippen LogP contribution in [0.25, 0.3) is 0 Å². The molecule has 110 valence electrons. The van der Waals surface area contributed by atoms with Gasteiger partial charge in [-0.05, 0) is 50.5 Å². The minimum Gasteiger partial charge on any atom is -0.480 e. The van der Waals surface area contributed by atoms with Crippen LogP contribution < -0.4 is 10.1 Å². The summed E-state index contributed by atoms with van der Waals surface area (Å²) in [4.78, 5) is 22.7. The summed E-state index contributed by atoms with van der Waals surface area (Å²) in [6, 6.07) is 3.52. The van der Waals surface area contributed by atoms with Gasteiger partial charge in [0.2, 0.25) is 0 Å². The fourth-order valence-corrected chi connectivity index (χ4v) is 2.00. The fourth-order valence-electron chi connectivity index (χ4n) is 2.00. The largest absolute Gasteiger partial charge is 0.480 e. The zero-order valence-corrected chi connectivity index (χ0v) is 12.7. The summed E-state index contributed by atoms with van der Waals surface area (Å²) in [6.45, 7) is 8.22. The predicted molar refractivity (Wildman–Crippen MR) is 79.3 cm³/mol. The van der Waals surface area contributed by atoms with Crippen molar-refractivity contribution in [3.63, 3.8) is 0 Å². The van der Waals surface area contributed by atoms with Gasteiger partial charge in [0.05, 0.1) is 0 Å². The lowest BCUT2D eigenvalue weighted by Crippen LogP contribution is -2.37. The number of carbonyl (C=O) groups excluding carboxylic acids is 2. The number of aldehydes is 1. The Morgan fingerprint density at radius 2 is 1.95 bits per heavy atom. The average Bonchev–Trinajstić information content (AvgIpc) is 2.42. The van der Waals surface area contributed by atoms with Gasteiger partial charge >= 0.3 is 0 Å². The molecule has 0 saturated heterocycles. The van der Waals surface area contributed by atoms with E-state index >= 15 is 0 Å². The number of ether oxygens (including phenoxy) is 1. The van der Waals surface area contributed by atoms with Gasteiger partial charge < -0.3 is 10.1 Å². The van der Waals surface area contributed by atoms with Gasteiger partial charge in [-0.1, -0.05) is 13.3 Å². The van der Waals surface area contributed by atoms with Crippen LogP contribution in [-0.4, -0.2) is 24.8 Å². The molecule has 20 heavy (non-hydrogen) atoms. The van der Waals surface area contributed by atoms with Crippen molar-refractivity contribution in [1.82, 2.24) is 5.32 Å². The minimum absolute atomic E-state index is 0.114. The fraction of sp³-hybridized carbons (Fsp3) is 0.500. The average molecular weight is 277 g/mol. The summed E-state index contributed by atoms with van der Waals surface area (Å²) in [6.07, 6.45) is 2.27. The van der Waals surface area contributed by atoms with Gasteiger partial charge in [-0.25, -0.2) is 0 Å². The van der Waals surface area contributed by atoms with E-state index in [1.165, 1.54) is 0 Å². The van der Waals surface area contributed by atoms with Gasteiger partial charge in [-0.3, -0.25) is 9.59 Å². The van der Waals surface area contributed by atoms with E-state index in [2.05, 4.69) is 12.2 Å². The van der Waals surface area contributed by atoms with Crippen LogP contribution in [-0.2, 0) is 4.79 Å². The maximum atomic E-state index is 11.9. The minimum atomic E-state index is -0.550. The first-order valence-corrected chi connectivity index (χ1v) is 7.00. The third-order valence-electron chi connectivity index (χ3n) is 3.11. The normalized spacial score (nSPS) is 11.8. The number of unbranched alkanes of at least 4 members (excludes halogenated alkanes) is 1. The van der Waals surface area contributed by atoms with Crippen molar-refractivity contribution in [2.24, 2.45) is 0 Å². The molecule has 1 rings (SSSR count). The lowest BCUT2D eigenvalue weighted by molar-refractivity contribution is -0.127. The first-order chi connectivity index (χ1) is 9.49. The number of carbonyl (C=O) groups is 2. The van der Waals surface area contributed by atoms with Crippen LogP contribution in [0.1, 0.15) is 48.2 Å². The number of amides is 1. The molecule has 0 aliphatic heterocycles. The van der Waals surface area contributed by atoms with Gasteiger partial charge in [0.1, 0.15) is 12.0 Å². The Balaban J connectivity index is 2.72. The molecule has 4 heteroatoms. The highest BCUT2D eigenvalue weighted by Gasteiger charge is 2.16. The summed E-state index contributed by atoms with van der Waals surface area (Å²) < 4.78 is 5.74. The molecule has 0 aliphatic carbocycles. The van der Waals surface area contributed by atoms with Gasteiger partial charge in [0.15, 0.2) is 6.10 Å². The molecule has 0 fully saturated rings. The van der Waals surface area contributed by atoms with Crippen molar-refractivity contribution in [2.45, 2.75) is 46.6 Å². The van der Waals surface area contributed by atoms with Gasteiger partial charge in [-0.2, -0.15) is 0 Å². The third-order valence-corrected chi connectivity index (χ3v) is 3.11. The van der Waals surface area contributed by atoms with E-state index in [0.717, 1.165) is 30.3 Å². The summed E-state index contributed by atoms with van der Waals surface area (Å²) in [7, 11) is 0. The molecule has 1 unspecified atom stereocenters. The van der Waals surface area contributed by atoms with Crippen LogP contribution in [0.15, 0.2) is 12.1 Å². The van der Waals surface area contributed by atoms with Crippen molar-refractivity contribution in [2.75, 3.05) is 6.54 Å². The van der Waals surface area contributed by atoms with Crippen molar-refractivity contribution in [3.8, 4) is 5.75 Å².